The Labute approximate surface area is 136 Å². The van der Waals surface area contributed by atoms with Gasteiger partial charge in [-0.3, -0.25) is 4.79 Å². The standard InChI is InChI=1S/C19H34O3/c1-5-18(2,3)17(20)22-16(21-15-10-6-7-11-15)14-19(4)12-8-9-13-19/h15-16H,5-14H2,1-4H3. The highest BCUT2D eigenvalue weighted by Gasteiger charge is 2.37. The fraction of sp³-hybridized carbons (Fsp3) is 0.947. The van der Waals surface area contributed by atoms with E-state index in [0.29, 0.717) is 0 Å². The summed E-state index contributed by atoms with van der Waals surface area (Å²) in [5, 5.41) is 0. The van der Waals surface area contributed by atoms with Gasteiger partial charge in [-0.1, -0.05) is 39.5 Å². The summed E-state index contributed by atoms with van der Waals surface area (Å²) in [6, 6.07) is 0. The van der Waals surface area contributed by atoms with Crippen LogP contribution in [0.3, 0.4) is 0 Å². The molecule has 128 valence electrons. The zero-order valence-corrected chi connectivity index (χ0v) is 15.0. The second-order valence-corrected chi connectivity index (χ2v) is 8.34. The lowest BCUT2D eigenvalue weighted by Gasteiger charge is -2.32. The Morgan fingerprint density at radius 2 is 1.77 bits per heavy atom. The highest BCUT2D eigenvalue weighted by atomic mass is 16.7. The van der Waals surface area contributed by atoms with E-state index < -0.39 is 5.41 Å². The van der Waals surface area contributed by atoms with Crippen molar-refractivity contribution in [1.82, 2.24) is 0 Å². The van der Waals surface area contributed by atoms with E-state index in [2.05, 4.69) is 6.92 Å². The molecular formula is C19H34O3. The predicted molar refractivity (Wildman–Crippen MR) is 88.5 cm³/mol. The molecule has 2 rings (SSSR count). The van der Waals surface area contributed by atoms with Crippen LogP contribution in [0.5, 0.6) is 0 Å². The van der Waals surface area contributed by atoms with Crippen molar-refractivity contribution in [3.63, 3.8) is 0 Å². The van der Waals surface area contributed by atoms with Crippen LogP contribution in [0.1, 0.15) is 91.9 Å². The van der Waals surface area contributed by atoms with Gasteiger partial charge in [0, 0.05) is 6.42 Å². The average molecular weight is 310 g/mol. The summed E-state index contributed by atoms with van der Waals surface area (Å²) in [4.78, 5) is 12.5. The Morgan fingerprint density at radius 3 is 2.32 bits per heavy atom. The van der Waals surface area contributed by atoms with Gasteiger partial charge in [0.15, 0.2) is 0 Å². The van der Waals surface area contributed by atoms with Gasteiger partial charge < -0.3 is 9.47 Å². The molecule has 1 unspecified atom stereocenters. The molecule has 0 spiro atoms. The lowest BCUT2D eigenvalue weighted by Crippen LogP contribution is -2.35. The summed E-state index contributed by atoms with van der Waals surface area (Å²) in [6.45, 7) is 8.27. The molecule has 0 amide bonds. The van der Waals surface area contributed by atoms with Crippen molar-refractivity contribution in [2.45, 2.75) is 104 Å². The first kappa shape index (κ1) is 17.8. The fourth-order valence-electron chi connectivity index (χ4n) is 3.61. The minimum atomic E-state index is -0.423. The van der Waals surface area contributed by atoms with Gasteiger partial charge in [-0.25, -0.2) is 0 Å². The van der Waals surface area contributed by atoms with Crippen molar-refractivity contribution in [2.24, 2.45) is 10.8 Å². The van der Waals surface area contributed by atoms with Crippen LogP contribution in [-0.4, -0.2) is 18.4 Å². The average Bonchev–Trinajstić information content (AvgIpc) is 3.10. The molecule has 0 radical (unpaired) electrons. The Balaban J connectivity index is 1.98. The first-order chi connectivity index (χ1) is 10.3. The zero-order chi connectivity index (χ0) is 16.2. The maximum atomic E-state index is 12.5. The van der Waals surface area contributed by atoms with Crippen molar-refractivity contribution in [3.05, 3.63) is 0 Å². The minimum absolute atomic E-state index is 0.111. The van der Waals surface area contributed by atoms with Gasteiger partial charge in [0.25, 0.3) is 0 Å². The number of rotatable bonds is 7. The van der Waals surface area contributed by atoms with Gasteiger partial charge in [-0.2, -0.15) is 0 Å². The summed E-state index contributed by atoms with van der Waals surface area (Å²) >= 11 is 0. The smallest absolute Gasteiger partial charge is 0.313 e. The van der Waals surface area contributed by atoms with Gasteiger partial charge in [-0.05, 0) is 51.4 Å². The molecule has 0 bridgehead atoms. The van der Waals surface area contributed by atoms with Crippen LogP contribution in [-0.2, 0) is 14.3 Å². The Kier molecular flexibility index (Phi) is 5.93. The first-order valence-electron chi connectivity index (χ1n) is 9.21. The van der Waals surface area contributed by atoms with Crippen molar-refractivity contribution in [2.75, 3.05) is 0 Å². The molecule has 1 atom stereocenters. The first-order valence-corrected chi connectivity index (χ1v) is 9.21. The third kappa shape index (κ3) is 4.71. The molecule has 2 saturated carbocycles. The normalized spacial score (nSPS) is 23.6. The second-order valence-electron chi connectivity index (χ2n) is 8.34. The SMILES string of the molecule is CCC(C)(C)C(=O)OC(CC1(C)CCCC1)OC1CCCC1. The number of hydrogen-bond acceptors (Lipinski definition) is 3. The van der Waals surface area contributed by atoms with Gasteiger partial charge >= 0.3 is 5.97 Å². The molecule has 0 N–H and O–H groups in total. The van der Waals surface area contributed by atoms with Gasteiger partial charge in [-0.15, -0.1) is 0 Å². The highest BCUT2D eigenvalue weighted by Crippen LogP contribution is 2.42. The van der Waals surface area contributed by atoms with Crippen LogP contribution in [0.15, 0.2) is 0 Å². The van der Waals surface area contributed by atoms with Crippen LogP contribution in [0.25, 0.3) is 0 Å². The lowest BCUT2D eigenvalue weighted by atomic mass is 9.84. The molecule has 0 heterocycles. The molecule has 3 heteroatoms. The van der Waals surface area contributed by atoms with Gasteiger partial charge in [0.1, 0.15) is 0 Å². The maximum absolute atomic E-state index is 12.5. The summed E-state index contributed by atoms with van der Waals surface area (Å²) in [5.41, 5.74) is -0.145. The van der Waals surface area contributed by atoms with Crippen LogP contribution < -0.4 is 0 Å². The third-order valence-electron chi connectivity index (χ3n) is 5.79. The van der Waals surface area contributed by atoms with Crippen molar-refractivity contribution in [1.29, 1.82) is 0 Å². The third-order valence-corrected chi connectivity index (χ3v) is 5.79. The summed E-state index contributed by atoms with van der Waals surface area (Å²) in [5.74, 6) is -0.111. The van der Waals surface area contributed by atoms with E-state index in [1.165, 1.54) is 38.5 Å². The lowest BCUT2D eigenvalue weighted by molar-refractivity contribution is -0.205. The van der Waals surface area contributed by atoms with E-state index in [9.17, 15) is 4.79 Å². The number of esters is 1. The van der Waals surface area contributed by atoms with Crippen LogP contribution in [0, 0.1) is 10.8 Å². The van der Waals surface area contributed by atoms with Gasteiger partial charge in [0.2, 0.25) is 6.29 Å². The van der Waals surface area contributed by atoms with Crippen molar-refractivity contribution in [3.8, 4) is 0 Å². The molecule has 2 fully saturated rings. The number of carbonyl (C=O) groups excluding carboxylic acids is 1. The Morgan fingerprint density at radius 1 is 1.18 bits per heavy atom. The van der Waals surface area contributed by atoms with Gasteiger partial charge in [0.05, 0.1) is 11.5 Å². The van der Waals surface area contributed by atoms with Crippen molar-refractivity contribution >= 4 is 5.97 Å². The molecule has 0 aliphatic heterocycles. The van der Waals surface area contributed by atoms with Crippen LogP contribution in [0.4, 0.5) is 0 Å². The fourth-order valence-corrected chi connectivity index (χ4v) is 3.61. The Hall–Kier alpha value is -0.570. The van der Waals surface area contributed by atoms with E-state index in [1.54, 1.807) is 0 Å². The Bertz CT molecular complexity index is 363. The monoisotopic (exact) mass is 310 g/mol. The minimum Gasteiger partial charge on any atom is -0.435 e. The zero-order valence-electron chi connectivity index (χ0n) is 15.0. The van der Waals surface area contributed by atoms with E-state index in [-0.39, 0.29) is 23.8 Å². The van der Waals surface area contributed by atoms with E-state index in [4.69, 9.17) is 9.47 Å². The summed E-state index contributed by atoms with van der Waals surface area (Å²) in [7, 11) is 0. The second kappa shape index (κ2) is 7.33. The largest absolute Gasteiger partial charge is 0.435 e. The highest BCUT2D eigenvalue weighted by molar-refractivity contribution is 5.75. The molecule has 2 aliphatic carbocycles. The number of ether oxygens (including phenoxy) is 2. The van der Waals surface area contributed by atoms with E-state index in [0.717, 1.165) is 25.7 Å². The topological polar surface area (TPSA) is 35.5 Å². The van der Waals surface area contributed by atoms with E-state index >= 15 is 0 Å². The summed E-state index contributed by atoms with van der Waals surface area (Å²) in [6.07, 6.45) is 11.3. The molecule has 0 aromatic carbocycles. The van der Waals surface area contributed by atoms with Crippen molar-refractivity contribution < 1.29 is 14.3 Å². The predicted octanol–water partition coefficient (Wildman–Crippen LogP) is 5.22. The molecular weight excluding hydrogens is 276 g/mol. The summed E-state index contributed by atoms with van der Waals surface area (Å²) < 4.78 is 12.0. The number of hydrogen-bond donors (Lipinski definition) is 0. The molecule has 0 aromatic heterocycles. The molecule has 2 aliphatic rings. The molecule has 3 nitrogen and oxygen atoms in total. The number of carbonyl (C=O) groups is 1. The van der Waals surface area contributed by atoms with Crippen LogP contribution >= 0.6 is 0 Å². The van der Waals surface area contributed by atoms with E-state index in [1.807, 2.05) is 20.8 Å². The molecule has 0 aromatic rings. The molecule has 22 heavy (non-hydrogen) atoms. The quantitative estimate of drug-likeness (QED) is 0.477. The molecule has 0 saturated heterocycles. The van der Waals surface area contributed by atoms with Crippen LogP contribution in [0.2, 0.25) is 0 Å². The maximum Gasteiger partial charge on any atom is 0.313 e.